The van der Waals surface area contributed by atoms with Gasteiger partial charge in [0, 0.05) is 6.42 Å². The van der Waals surface area contributed by atoms with E-state index in [9.17, 15) is 0 Å². The summed E-state index contributed by atoms with van der Waals surface area (Å²) in [4.78, 5) is 0. The number of allylic oxidation sites excluding steroid dienone is 1. The molecule has 2 heteroatoms. The Hall–Kier alpha value is -2.34. The van der Waals surface area contributed by atoms with Gasteiger partial charge in [0.25, 0.3) is 8.32 Å². The van der Waals surface area contributed by atoms with Gasteiger partial charge in [0.05, 0.1) is 6.10 Å². The summed E-state index contributed by atoms with van der Waals surface area (Å²) in [5, 5.41) is 2.44. The highest BCUT2D eigenvalue weighted by atomic mass is 28.4. The molecular weight excluding hydrogens is 308 g/mol. The highest BCUT2D eigenvalue weighted by Gasteiger charge is 2.40. The van der Waals surface area contributed by atoms with Crippen molar-refractivity contribution in [2.24, 2.45) is 0 Å². The highest BCUT2D eigenvalue weighted by molar-refractivity contribution is 6.97. The van der Waals surface area contributed by atoms with Crippen LogP contribution in [0.3, 0.4) is 0 Å². The van der Waals surface area contributed by atoms with E-state index in [-0.39, 0.29) is 6.10 Å². The Kier molecular flexibility index (Phi) is 6.37. The largest absolute Gasteiger partial charge is 0.400 e. The maximum Gasteiger partial charge on any atom is 0.260 e. The molecule has 0 aliphatic carbocycles. The molecule has 2 aromatic rings. The van der Waals surface area contributed by atoms with Crippen molar-refractivity contribution in [3.63, 3.8) is 0 Å². The van der Waals surface area contributed by atoms with Crippen LogP contribution in [0, 0.1) is 12.3 Å². The van der Waals surface area contributed by atoms with Crippen molar-refractivity contribution in [2.45, 2.75) is 25.5 Å². The lowest BCUT2D eigenvalue weighted by Gasteiger charge is -2.35. The van der Waals surface area contributed by atoms with Crippen molar-refractivity contribution >= 4 is 18.7 Å². The van der Waals surface area contributed by atoms with Gasteiger partial charge < -0.3 is 4.43 Å². The first-order valence-electron chi connectivity index (χ1n) is 8.12. The van der Waals surface area contributed by atoms with Crippen LogP contribution in [0.1, 0.15) is 13.3 Å². The zero-order valence-corrected chi connectivity index (χ0v) is 15.2. The molecule has 1 nitrogen and oxygen atoms in total. The summed E-state index contributed by atoms with van der Waals surface area (Å²) < 4.78 is 6.78. The van der Waals surface area contributed by atoms with Crippen molar-refractivity contribution < 1.29 is 4.43 Å². The number of rotatable bonds is 8. The second-order valence-electron chi connectivity index (χ2n) is 5.91. The van der Waals surface area contributed by atoms with E-state index in [1.807, 2.05) is 25.1 Å². The molecule has 0 amide bonds. The van der Waals surface area contributed by atoms with Gasteiger partial charge in [-0.3, -0.25) is 0 Å². The monoisotopic (exact) mass is 332 g/mol. The van der Waals surface area contributed by atoms with E-state index in [0.717, 1.165) is 11.6 Å². The van der Waals surface area contributed by atoms with E-state index in [1.165, 1.54) is 10.4 Å². The molecule has 1 unspecified atom stereocenters. The second-order valence-corrected chi connectivity index (χ2v) is 9.37. The third-order valence-corrected chi connectivity index (χ3v) is 8.19. The molecule has 0 aliphatic rings. The molecular formula is C22H24OSi. The molecule has 24 heavy (non-hydrogen) atoms. The molecule has 0 aliphatic heterocycles. The fourth-order valence-electron chi connectivity index (χ4n) is 2.87. The molecule has 0 fully saturated rings. The van der Waals surface area contributed by atoms with Crippen molar-refractivity contribution in [3.8, 4) is 12.3 Å². The smallest absolute Gasteiger partial charge is 0.260 e. The van der Waals surface area contributed by atoms with Crippen molar-refractivity contribution in [2.75, 3.05) is 0 Å². The van der Waals surface area contributed by atoms with Crippen molar-refractivity contribution in [3.05, 3.63) is 85.5 Å². The molecule has 0 aromatic heterocycles. The summed E-state index contributed by atoms with van der Waals surface area (Å²) in [6.07, 6.45) is 7.90. The molecule has 0 spiro atoms. The Morgan fingerprint density at radius 1 is 1.12 bits per heavy atom. The fourth-order valence-corrected chi connectivity index (χ4v) is 6.68. The number of terminal acetylenes is 1. The fraction of sp³-hybridized carbons (Fsp3) is 0.182. The molecule has 0 bridgehead atoms. The van der Waals surface area contributed by atoms with Crippen molar-refractivity contribution in [1.29, 1.82) is 0 Å². The first-order valence-corrected chi connectivity index (χ1v) is 10.2. The summed E-state index contributed by atoms with van der Waals surface area (Å²) in [6.45, 7) is 10.0. The topological polar surface area (TPSA) is 9.23 Å². The molecule has 1 atom stereocenters. The van der Waals surface area contributed by atoms with Crippen LogP contribution in [0.4, 0.5) is 0 Å². The standard InChI is InChI=1S/C22H24OSi/c1-5-13-22(19(3)4)23-24(18-6-2,20-14-9-7-10-15-20)21-16-11-8-12-17-21/h1,6-12,14-17,22H,2-3,13,18H2,4H3. The van der Waals surface area contributed by atoms with Crippen LogP contribution in [-0.2, 0) is 4.43 Å². The lowest BCUT2D eigenvalue weighted by molar-refractivity contribution is 0.241. The normalized spacial score (nSPS) is 12.2. The molecule has 0 N–H and O–H groups in total. The number of hydrogen-bond donors (Lipinski definition) is 0. The molecule has 0 radical (unpaired) electrons. The van der Waals surface area contributed by atoms with E-state index >= 15 is 0 Å². The summed E-state index contributed by atoms with van der Waals surface area (Å²) in [6, 6.07) is 21.7. The van der Waals surface area contributed by atoms with E-state index < -0.39 is 8.32 Å². The minimum absolute atomic E-state index is 0.151. The Bertz CT molecular complexity index is 673. The van der Waals surface area contributed by atoms with Gasteiger partial charge >= 0.3 is 0 Å². The van der Waals surface area contributed by atoms with Crippen LogP contribution in [0.15, 0.2) is 85.5 Å². The Morgan fingerprint density at radius 2 is 1.62 bits per heavy atom. The van der Waals surface area contributed by atoms with E-state index in [4.69, 9.17) is 10.8 Å². The molecule has 0 saturated heterocycles. The highest BCUT2D eigenvalue weighted by Crippen LogP contribution is 2.21. The third kappa shape index (κ3) is 3.94. The predicted octanol–water partition coefficient (Wildman–Crippen LogP) is 3.92. The van der Waals surface area contributed by atoms with Gasteiger partial charge in [-0.2, -0.15) is 0 Å². The first kappa shape index (κ1) is 18.0. The maximum absolute atomic E-state index is 6.78. The third-order valence-electron chi connectivity index (χ3n) is 4.11. The van der Waals surface area contributed by atoms with Gasteiger partial charge in [0.15, 0.2) is 0 Å². The second kappa shape index (κ2) is 8.49. The quantitative estimate of drug-likeness (QED) is 0.404. The molecule has 2 aromatic carbocycles. The van der Waals surface area contributed by atoms with Crippen LogP contribution < -0.4 is 10.4 Å². The van der Waals surface area contributed by atoms with Crippen LogP contribution in [0.2, 0.25) is 6.04 Å². The SMILES string of the molecule is C#CCC(O[Si](CC=C)(c1ccccc1)c1ccccc1)C(=C)C. The molecule has 2 rings (SSSR count). The molecule has 0 heterocycles. The van der Waals surface area contributed by atoms with Crippen LogP contribution in [0.5, 0.6) is 0 Å². The van der Waals surface area contributed by atoms with Gasteiger partial charge in [-0.1, -0.05) is 78.9 Å². The Labute approximate surface area is 146 Å². The number of benzene rings is 2. The zero-order valence-electron chi connectivity index (χ0n) is 14.2. The van der Waals surface area contributed by atoms with Crippen LogP contribution >= 0.6 is 0 Å². The van der Waals surface area contributed by atoms with Crippen LogP contribution in [0.25, 0.3) is 0 Å². The first-order chi connectivity index (χ1) is 11.6. The summed E-state index contributed by atoms with van der Waals surface area (Å²) >= 11 is 0. The predicted molar refractivity (Wildman–Crippen MR) is 106 cm³/mol. The van der Waals surface area contributed by atoms with E-state index in [2.05, 4.69) is 67.6 Å². The minimum atomic E-state index is -2.49. The van der Waals surface area contributed by atoms with Gasteiger partial charge in [-0.05, 0) is 23.3 Å². The van der Waals surface area contributed by atoms with Gasteiger partial charge in [-0.15, -0.1) is 18.9 Å². The summed E-state index contributed by atoms with van der Waals surface area (Å²) in [5.41, 5.74) is 0.959. The lowest BCUT2D eigenvalue weighted by Crippen LogP contribution is -2.62. The lowest BCUT2D eigenvalue weighted by atomic mass is 10.1. The summed E-state index contributed by atoms with van der Waals surface area (Å²) in [7, 11) is -2.49. The number of hydrogen-bond acceptors (Lipinski definition) is 1. The minimum Gasteiger partial charge on any atom is -0.400 e. The average molecular weight is 333 g/mol. The average Bonchev–Trinajstić information content (AvgIpc) is 2.62. The van der Waals surface area contributed by atoms with E-state index in [1.54, 1.807) is 0 Å². The van der Waals surface area contributed by atoms with E-state index in [0.29, 0.717) is 6.42 Å². The molecule has 122 valence electrons. The van der Waals surface area contributed by atoms with Gasteiger partial charge in [-0.25, -0.2) is 0 Å². The van der Waals surface area contributed by atoms with Crippen molar-refractivity contribution in [1.82, 2.24) is 0 Å². The summed E-state index contributed by atoms with van der Waals surface area (Å²) in [5.74, 6) is 2.73. The maximum atomic E-state index is 6.78. The van der Waals surface area contributed by atoms with Gasteiger partial charge in [0.2, 0.25) is 0 Å². The molecule has 0 saturated carbocycles. The Morgan fingerprint density at radius 3 is 2.00 bits per heavy atom. The Balaban J connectivity index is 2.60. The van der Waals surface area contributed by atoms with Gasteiger partial charge in [0.1, 0.15) is 0 Å². The van der Waals surface area contributed by atoms with Crippen LogP contribution in [-0.4, -0.2) is 14.4 Å². The zero-order chi connectivity index (χ0) is 17.4.